The number of hydrogen-bond acceptors (Lipinski definition) is 0. The van der Waals surface area contributed by atoms with Crippen LogP contribution in [-0.2, 0) is 0 Å². The second kappa shape index (κ2) is 3.54. The van der Waals surface area contributed by atoms with Crippen molar-refractivity contribution in [2.24, 2.45) is 0 Å². The molecular formula is C13H13N. The summed E-state index contributed by atoms with van der Waals surface area (Å²) in [5.74, 6) is 0. The SMILES string of the molecule is C=C(C)/C=C/c1c[nH]c2ccccc12. The number of benzene rings is 1. The lowest BCUT2D eigenvalue weighted by atomic mass is 10.1. The van der Waals surface area contributed by atoms with E-state index in [0.29, 0.717) is 0 Å². The van der Waals surface area contributed by atoms with Crippen molar-refractivity contribution in [3.05, 3.63) is 54.3 Å². The van der Waals surface area contributed by atoms with Crippen molar-refractivity contribution in [1.82, 2.24) is 4.98 Å². The van der Waals surface area contributed by atoms with Gasteiger partial charge < -0.3 is 4.98 Å². The van der Waals surface area contributed by atoms with Crippen molar-refractivity contribution >= 4 is 17.0 Å². The Morgan fingerprint density at radius 2 is 2.14 bits per heavy atom. The first-order chi connectivity index (χ1) is 6.77. The van der Waals surface area contributed by atoms with Crippen LogP contribution in [0.1, 0.15) is 12.5 Å². The standard InChI is InChI=1S/C13H13N/c1-10(2)7-8-11-9-14-13-6-4-3-5-12(11)13/h3-9,14H,1H2,2H3/b8-7+. The van der Waals surface area contributed by atoms with Gasteiger partial charge in [-0.3, -0.25) is 0 Å². The maximum Gasteiger partial charge on any atom is 0.0460 e. The van der Waals surface area contributed by atoms with Crippen LogP contribution in [0.25, 0.3) is 17.0 Å². The van der Waals surface area contributed by atoms with Gasteiger partial charge in [0.25, 0.3) is 0 Å². The minimum absolute atomic E-state index is 1.07. The van der Waals surface area contributed by atoms with Crippen LogP contribution < -0.4 is 0 Å². The Hall–Kier alpha value is -1.76. The summed E-state index contributed by atoms with van der Waals surface area (Å²) in [6.45, 7) is 5.83. The number of aromatic amines is 1. The maximum absolute atomic E-state index is 3.84. The molecule has 0 bridgehead atoms. The third-order valence-electron chi connectivity index (χ3n) is 2.17. The molecule has 0 unspecified atom stereocenters. The summed E-state index contributed by atoms with van der Waals surface area (Å²) in [6, 6.07) is 8.27. The Kier molecular flexibility index (Phi) is 2.23. The molecule has 1 heterocycles. The molecule has 0 saturated carbocycles. The fraction of sp³-hybridized carbons (Fsp3) is 0.0769. The highest BCUT2D eigenvalue weighted by Gasteiger charge is 1.97. The Bertz CT molecular complexity index is 489. The first kappa shape index (κ1) is 8.82. The highest BCUT2D eigenvalue weighted by molar-refractivity contribution is 5.88. The fourth-order valence-corrected chi connectivity index (χ4v) is 1.46. The molecule has 14 heavy (non-hydrogen) atoms. The highest BCUT2D eigenvalue weighted by Crippen LogP contribution is 2.19. The molecule has 0 amide bonds. The normalized spacial score (nSPS) is 11.2. The number of hydrogen-bond donors (Lipinski definition) is 1. The predicted octanol–water partition coefficient (Wildman–Crippen LogP) is 3.76. The van der Waals surface area contributed by atoms with Crippen LogP contribution in [0, 0.1) is 0 Å². The van der Waals surface area contributed by atoms with Gasteiger partial charge in [0.2, 0.25) is 0 Å². The Morgan fingerprint density at radius 1 is 1.36 bits per heavy atom. The maximum atomic E-state index is 3.84. The van der Waals surface area contributed by atoms with Crippen molar-refractivity contribution < 1.29 is 0 Å². The molecule has 0 aliphatic rings. The predicted molar refractivity (Wildman–Crippen MR) is 62.1 cm³/mol. The van der Waals surface area contributed by atoms with Crippen LogP contribution in [0.4, 0.5) is 0 Å². The molecule has 0 fully saturated rings. The molecule has 2 rings (SSSR count). The van der Waals surface area contributed by atoms with Gasteiger partial charge in [-0.15, -0.1) is 0 Å². The van der Waals surface area contributed by atoms with E-state index in [1.807, 2.05) is 31.3 Å². The fourth-order valence-electron chi connectivity index (χ4n) is 1.46. The summed E-state index contributed by atoms with van der Waals surface area (Å²) >= 11 is 0. The van der Waals surface area contributed by atoms with Crippen molar-refractivity contribution in [3.63, 3.8) is 0 Å². The topological polar surface area (TPSA) is 15.8 Å². The molecule has 70 valence electrons. The third kappa shape index (κ3) is 1.62. The lowest BCUT2D eigenvalue weighted by molar-refractivity contribution is 1.47. The van der Waals surface area contributed by atoms with Gasteiger partial charge >= 0.3 is 0 Å². The zero-order valence-electron chi connectivity index (χ0n) is 8.25. The van der Waals surface area contributed by atoms with Crippen molar-refractivity contribution in [1.29, 1.82) is 0 Å². The van der Waals surface area contributed by atoms with E-state index in [4.69, 9.17) is 0 Å². The largest absolute Gasteiger partial charge is 0.361 e. The summed E-state index contributed by atoms with van der Waals surface area (Å²) in [6.07, 6.45) is 6.13. The van der Waals surface area contributed by atoms with E-state index in [1.165, 1.54) is 16.5 Å². The molecule has 1 aromatic heterocycles. The highest BCUT2D eigenvalue weighted by atomic mass is 14.7. The van der Waals surface area contributed by atoms with Gasteiger partial charge in [0.05, 0.1) is 0 Å². The van der Waals surface area contributed by atoms with E-state index in [-0.39, 0.29) is 0 Å². The van der Waals surface area contributed by atoms with E-state index in [2.05, 4.69) is 29.8 Å². The molecule has 0 aliphatic heterocycles. The monoisotopic (exact) mass is 183 g/mol. The molecule has 1 aromatic carbocycles. The summed E-state index contributed by atoms with van der Waals surface area (Å²) < 4.78 is 0. The van der Waals surface area contributed by atoms with E-state index in [1.54, 1.807) is 0 Å². The molecule has 0 atom stereocenters. The Morgan fingerprint density at radius 3 is 2.93 bits per heavy atom. The summed E-state index contributed by atoms with van der Waals surface area (Å²) in [4.78, 5) is 3.23. The van der Waals surface area contributed by atoms with Crippen LogP contribution in [0.15, 0.2) is 48.7 Å². The zero-order chi connectivity index (χ0) is 9.97. The lowest BCUT2D eigenvalue weighted by Gasteiger charge is -1.90. The van der Waals surface area contributed by atoms with Crippen LogP contribution in [0.2, 0.25) is 0 Å². The first-order valence-electron chi connectivity index (χ1n) is 4.67. The molecule has 1 nitrogen and oxygen atoms in total. The van der Waals surface area contributed by atoms with E-state index >= 15 is 0 Å². The van der Waals surface area contributed by atoms with Gasteiger partial charge in [-0.05, 0) is 18.6 Å². The van der Waals surface area contributed by atoms with Gasteiger partial charge in [0.15, 0.2) is 0 Å². The number of rotatable bonds is 2. The molecule has 1 N–H and O–H groups in total. The minimum atomic E-state index is 1.07. The van der Waals surface area contributed by atoms with Gasteiger partial charge in [0, 0.05) is 17.1 Å². The molecule has 0 aliphatic carbocycles. The second-order valence-corrected chi connectivity index (χ2v) is 3.47. The first-order valence-corrected chi connectivity index (χ1v) is 4.67. The van der Waals surface area contributed by atoms with Gasteiger partial charge in [-0.25, -0.2) is 0 Å². The average molecular weight is 183 g/mol. The van der Waals surface area contributed by atoms with E-state index < -0.39 is 0 Å². The number of H-pyrrole nitrogens is 1. The summed E-state index contributed by atoms with van der Waals surface area (Å²) in [5, 5.41) is 1.25. The number of allylic oxidation sites excluding steroid dienone is 2. The molecule has 0 radical (unpaired) electrons. The zero-order valence-corrected chi connectivity index (χ0v) is 8.25. The Labute approximate surface area is 83.8 Å². The van der Waals surface area contributed by atoms with Crippen molar-refractivity contribution in [3.8, 4) is 0 Å². The minimum Gasteiger partial charge on any atom is -0.361 e. The number of para-hydroxylation sites is 1. The van der Waals surface area contributed by atoms with Crippen LogP contribution >= 0.6 is 0 Å². The lowest BCUT2D eigenvalue weighted by Crippen LogP contribution is -1.68. The van der Waals surface area contributed by atoms with E-state index in [9.17, 15) is 0 Å². The number of nitrogens with one attached hydrogen (secondary N) is 1. The van der Waals surface area contributed by atoms with Crippen LogP contribution in [0.3, 0.4) is 0 Å². The second-order valence-electron chi connectivity index (χ2n) is 3.47. The van der Waals surface area contributed by atoms with E-state index in [0.717, 1.165) is 5.57 Å². The molecule has 1 heteroatoms. The average Bonchev–Trinajstić information content (AvgIpc) is 2.58. The van der Waals surface area contributed by atoms with Crippen molar-refractivity contribution in [2.75, 3.05) is 0 Å². The van der Waals surface area contributed by atoms with Gasteiger partial charge in [0.1, 0.15) is 0 Å². The molecule has 0 spiro atoms. The van der Waals surface area contributed by atoms with Crippen molar-refractivity contribution in [2.45, 2.75) is 6.92 Å². The summed E-state index contributed by atoms with van der Waals surface area (Å²) in [7, 11) is 0. The third-order valence-corrected chi connectivity index (χ3v) is 2.17. The molecule has 0 saturated heterocycles. The van der Waals surface area contributed by atoms with Crippen LogP contribution in [0.5, 0.6) is 0 Å². The quantitative estimate of drug-likeness (QED) is 0.682. The molecular weight excluding hydrogens is 170 g/mol. The molecule has 2 aromatic rings. The smallest absolute Gasteiger partial charge is 0.0460 e. The van der Waals surface area contributed by atoms with Gasteiger partial charge in [-0.1, -0.05) is 42.5 Å². The van der Waals surface area contributed by atoms with Gasteiger partial charge in [-0.2, -0.15) is 0 Å². The van der Waals surface area contributed by atoms with Crippen LogP contribution in [-0.4, -0.2) is 4.98 Å². The summed E-state index contributed by atoms with van der Waals surface area (Å²) in [5.41, 5.74) is 3.45. The number of fused-ring (bicyclic) bond motifs is 1. The Balaban J connectivity index is 2.48. The number of aromatic nitrogens is 1.